The molecule has 4 heteroatoms. The van der Waals surface area contributed by atoms with Gasteiger partial charge in [-0.3, -0.25) is 4.79 Å². The van der Waals surface area contributed by atoms with Gasteiger partial charge in [0.05, 0.1) is 7.11 Å². The van der Waals surface area contributed by atoms with Gasteiger partial charge < -0.3 is 10.5 Å². The molecule has 19 heavy (non-hydrogen) atoms. The van der Waals surface area contributed by atoms with Crippen LogP contribution in [0.4, 0.5) is 4.39 Å². The summed E-state index contributed by atoms with van der Waals surface area (Å²) in [4.78, 5) is 12.2. The number of hydrogen-bond donors (Lipinski definition) is 1. The maximum Gasteiger partial charge on any atom is 0.193 e. The molecule has 0 heterocycles. The molecule has 2 N–H and O–H groups in total. The summed E-state index contributed by atoms with van der Waals surface area (Å²) in [6.45, 7) is 0.359. The largest absolute Gasteiger partial charge is 0.494 e. The lowest BCUT2D eigenvalue weighted by Gasteiger charge is -2.06. The number of nitrogens with two attached hydrogens (primary N) is 1. The van der Waals surface area contributed by atoms with Gasteiger partial charge in [0.25, 0.3) is 0 Å². The molecule has 0 amide bonds. The highest BCUT2D eigenvalue weighted by Crippen LogP contribution is 2.20. The van der Waals surface area contributed by atoms with Crippen LogP contribution in [0.15, 0.2) is 42.5 Å². The Morgan fingerprint density at radius 2 is 1.95 bits per heavy atom. The van der Waals surface area contributed by atoms with Crippen LogP contribution in [0.5, 0.6) is 5.75 Å². The third-order valence-electron chi connectivity index (χ3n) is 2.84. The summed E-state index contributed by atoms with van der Waals surface area (Å²) < 4.78 is 18.4. The van der Waals surface area contributed by atoms with Crippen LogP contribution in [0.25, 0.3) is 0 Å². The number of hydrogen-bond acceptors (Lipinski definition) is 3. The van der Waals surface area contributed by atoms with Crippen molar-refractivity contribution in [2.24, 2.45) is 5.73 Å². The van der Waals surface area contributed by atoms with E-state index >= 15 is 0 Å². The van der Waals surface area contributed by atoms with Crippen molar-refractivity contribution in [3.8, 4) is 5.75 Å². The second kappa shape index (κ2) is 5.63. The molecule has 0 fully saturated rings. The van der Waals surface area contributed by atoms with E-state index in [1.165, 1.54) is 19.2 Å². The second-order valence-corrected chi connectivity index (χ2v) is 4.08. The monoisotopic (exact) mass is 259 g/mol. The van der Waals surface area contributed by atoms with Crippen LogP contribution in [0.1, 0.15) is 21.5 Å². The van der Waals surface area contributed by atoms with Crippen LogP contribution in [-0.2, 0) is 6.54 Å². The first-order valence-electron chi connectivity index (χ1n) is 5.83. The average molecular weight is 259 g/mol. The van der Waals surface area contributed by atoms with Crippen molar-refractivity contribution in [1.29, 1.82) is 0 Å². The van der Waals surface area contributed by atoms with E-state index in [2.05, 4.69) is 0 Å². The number of ketones is 1. The molecule has 2 aromatic rings. The maximum atomic E-state index is 13.6. The summed E-state index contributed by atoms with van der Waals surface area (Å²) in [7, 11) is 1.38. The van der Waals surface area contributed by atoms with Crippen LogP contribution in [-0.4, -0.2) is 12.9 Å². The molecule has 0 aliphatic carbocycles. The number of carbonyl (C=O) groups is 1. The Labute approximate surface area is 110 Å². The fourth-order valence-electron chi connectivity index (χ4n) is 1.81. The average Bonchev–Trinajstić information content (AvgIpc) is 2.46. The minimum atomic E-state index is -0.552. The molecule has 0 aromatic heterocycles. The zero-order valence-corrected chi connectivity index (χ0v) is 10.5. The molecular weight excluding hydrogens is 245 g/mol. The molecule has 0 aliphatic heterocycles. The van der Waals surface area contributed by atoms with E-state index in [1.54, 1.807) is 24.3 Å². The van der Waals surface area contributed by atoms with Gasteiger partial charge in [-0.25, -0.2) is 4.39 Å². The van der Waals surface area contributed by atoms with Crippen molar-refractivity contribution in [1.82, 2.24) is 0 Å². The molecule has 0 spiro atoms. The fraction of sp³-hybridized carbons (Fsp3) is 0.133. The van der Waals surface area contributed by atoms with E-state index in [1.807, 2.05) is 6.07 Å². The Hall–Kier alpha value is -2.20. The van der Waals surface area contributed by atoms with Crippen LogP contribution in [0.2, 0.25) is 0 Å². The number of benzene rings is 2. The molecule has 0 bridgehead atoms. The minimum Gasteiger partial charge on any atom is -0.494 e. The summed E-state index contributed by atoms with van der Waals surface area (Å²) in [5, 5.41) is 0. The van der Waals surface area contributed by atoms with Crippen molar-refractivity contribution < 1.29 is 13.9 Å². The highest BCUT2D eigenvalue weighted by atomic mass is 19.1. The summed E-state index contributed by atoms with van der Waals surface area (Å²) in [5.41, 5.74) is 7.17. The molecule has 0 atom stereocenters. The summed E-state index contributed by atoms with van der Waals surface area (Å²) in [6, 6.07) is 11.2. The smallest absolute Gasteiger partial charge is 0.193 e. The van der Waals surface area contributed by atoms with Gasteiger partial charge in [0.1, 0.15) is 0 Å². The van der Waals surface area contributed by atoms with Gasteiger partial charge in [0.15, 0.2) is 17.3 Å². The van der Waals surface area contributed by atoms with Crippen LogP contribution in [0.3, 0.4) is 0 Å². The minimum absolute atomic E-state index is 0.118. The second-order valence-electron chi connectivity index (χ2n) is 4.08. The lowest BCUT2D eigenvalue weighted by molar-refractivity contribution is 0.103. The van der Waals surface area contributed by atoms with Gasteiger partial charge in [-0.05, 0) is 29.8 Å². The van der Waals surface area contributed by atoms with E-state index in [9.17, 15) is 9.18 Å². The SMILES string of the molecule is COc1ccc(C(=O)c2cccc(CN)c2)cc1F. The number of methoxy groups -OCH3 is 1. The van der Waals surface area contributed by atoms with Crippen molar-refractivity contribution in [2.45, 2.75) is 6.54 Å². The van der Waals surface area contributed by atoms with Gasteiger partial charge in [0, 0.05) is 17.7 Å². The molecule has 0 radical (unpaired) electrons. The third-order valence-corrected chi connectivity index (χ3v) is 2.84. The lowest BCUT2D eigenvalue weighted by Crippen LogP contribution is -2.04. The van der Waals surface area contributed by atoms with Gasteiger partial charge in [0.2, 0.25) is 0 Å². The molecule has 0 saturated carbocycles. The Bertz CT molecular complexity index is 611. The normalized spacial score (nSPS) is 10.3. The van der Waals surface area contributed by atoms with Crippen LogP contribution < -0.4 is 10.5 Å². The quantitative estimate of drug-likeness (QED) is 0.858. The zero-order valence-electron chi connectivity index (χ0n) is 10.5. The van der Waals surface area contributed by atoms with Gasteiger partial charge in [-0.15, -0.1) is 0 Å². The van der Waals surface area contributed by atoms with E-state index < -0.39 is 5.82 Å². The Balaban J connectivity index is 2.35. The standard InChI is InChI=1S/C15H14FNO2/c1-19-14-6-5-12(8-13(14)16)15(18)11-4-2-3-10(7-11)9-17/h2-8H,9,17H2,1H3. The molecule has 3 nitrogen and oxygen atoms in total. The van der Waals surface area contributed by atoms with Gasteiger partial charge in [-0.2, -0.15) is 0 Å². The highest BCUT2D eigenvalue weighted by Gasteiger charge is 2.12. The van der Waals surface area contributed by atoms with Crippen LogP contribution in [0, 0.1) is 5.82 Å². The van der Waals surface area contributed by atoms with Gasteiger partial charge >= 0.3 is 0 Å². The Morgan fingerprint density at radius 1 is 1.21 bits per heavy atom. The Morgan fingerprint density at radius 3 is 2.58 bits per heavy atom. The number of carbonyl (C=O) groups excluding carboxylic acids is 1. The summed E-state index contributed by atoms with van der Waals surface area (Å²) >= 11 is 0. The van der Waals surface area contributed by atoms with Crippen molar-refractivity contribution in [3.05, 3.63) is 65.0 Å². The Kier molecular flexibility index (Phi) is 3.92. The molecule has 2 aromatic carbocycles. The van der Waals surface area contributed by atoms with Gasteiger partial charge in [-0.1, -0.05) is 18.2 Å². The molecule has 0 saturated heterocycles. The zero-order chi connectivity index (χ0) is 13.8. The number of halogens is 1. The molecule has 0 aliphatic rings. The molecular formula is C15H14FNO2. The molecule has 98 valence electrons. The van der Waals surface area contributed by atoms with E-state index in [4.69, 9.17) is 10.5 Å². The first-order chi connectivity index (χ1) is 9.15. The number of ether oxygens (including phenoxy) is 1. The lowest BCUT2D eigenvalue weighted by atomic mass is 10.0. The highest BCUT2D eigenvalue weighted by molar-refractivity contribution is 6.09. The predicted octanol–water partition coefficient (Wildman–Crippen LogP) is 2.52. The molecule has 2 rings (SSSR count). The first-order valence-corrected chi connectivity index (χ1v) is 5.83. The number of rotatable bonds is 4. The van der Waals surface area contributed by atoms with E-state index in [0.29, 0.717) is 12.1 Å². The first kappa shape index (κ1) is 13.2. The van der Waals surface area contributed by atoms with E-state index in [0.717, 1.165) is 5.56 Å². The summed E-state index contributed by atoms with van der Waals surface area (Å²) in [5.74, 6) is -0.674. The summed E-state index contributed by atoms with van der Waals surface area (Å²) in [6.07, 6.45) is 0. The van der Waals surface area contributed by atoms with Crippen LogP contribution >= 0.6 is 0 Å². The van der Waals surface area contributed by atoms with Crippen molar-refractivity contribution in [2.75, 3.05) is 7.11 Å². The van der Waals surface area contributed by atoms with E-state index in [-0.39, 0.29) is 17.1 Å². The topological polar surface area (TPSA) is 52.3 Å². The third kappa shape index (κ3) is 2.80. The maximum absolute atomic E-state index is 13.6. The predicted molar refractivity (Wildman–Crippen MR) is 70.7 cm³/mol. The van der Waals surface area contributed by atoms with Crippen molar-refractivity contribution in [3.63, 3.8) is 0 Å². The molecule has 0 unspecified atom stereocenters. The van der Waals surface area contributed by atoms with Crippen molar-refractivity contribution >= 4 is 5.78 Å². The fourth-order valence-corrected chi connectivity index (χ4v) is 1.81.